The zero-order valence-corrected chi connectivity index (χ0v) is 13.4. The summed E-state index contributed by atoms with van der Waals surface area (Å²) in [5.41, 5.74) is 1.10. The highest BCUT2D eigenvalue weighted by molar-refractivity contribution is 6.30. The quantitative estimate of drug-likeness (QED) is 0.928. The molecule has 1 unspecified atom stereocenters. The largest absolute Gasteiger partial charge is 0.393 e. The Labute approximate surface area is 131 Å². The summed E-state index contributed by atoms with van der Waals surface area (Å²) < 4.78 is 0. The number of rotatable bonds is 4. The van der Waals surface area contributed by atoms with E-state index >= 15 is 0 Å². The van der Waals surface area contributed by atoms with Gasteiger partial charge in [0.25, 0.3) is 0 Å². The number of carbonyl (C=O) groups is 1. The molecule has 1 saturated heterocycles. The fourth-order valence-corrected chi connectivity index (χ4v) is 2.79. The van der Waals surface area contributed by atoms with Gasteiger partial charge in [0.15, 0.2) is 0 Å². The zero-order chi connectivity index (χ0) is 15.4. The maximum Gasteiger partial charge on any atom is 0.236 e. The van der Waals surface area contributed by atoms with Crippen molar-refractivity contribution >= 4 is 17.5 Å². The number of benzene rings is 1. The standard InChI is InChI=1S/C16H23ClN2O2/c1-12(13-4-3-5-14(17)10-13)18(2)11-16(21)19-8-6-15(20)7-9-19/h3-5,10,12,15,20H,6-9,11H2,1-2H3. The second-order valence-corrected chi connectivity index (χ2v) is 6.19. The lowest BCUT2D eigenvalue weighted by Gasteiger charge is -2.32. The molecule has 1 amide bonds. The molecule has 1 aromatic rings. The van der Waals surface area contributed by atoms with Crippen molar-refractivity contribution in [2.75, 3.05) is 26.7 Å². The van der Waals surface area contributed by atoms with Gasteiger partial charge in [0.2, 0.25) is 5.91 Å². The van der Waals surface area contributed by atoms with Gasteiger partial charge in [-0.25, -0.2) is 0 Å². The highest BCUT2D eigenvalue weighted by Crippen LogP contribution is 2.22. The molecule has 0 aliphatic carbocycles. The van der Waals surface area contributed by atoms with Gasteiger partial charge in [-0.3, -0.25) is 9.69 Å². The van der Waals surface area contributed by atoms with Crippen molar-refractivity contribution in [2.45, 2.75) is 31.9 Å². The molecule has 116 valence electrons. The van der Waals surface area contributed by atoms with Gasteiger partial charge in [-0.2, -0.15) is 0 Å². The average Bonchev–Trinajstić information content (AvgIpc) is 2.47. The fraction of sp³-hybridized carbons (Fsp3) is 0.562. The van der Waals surface area contributed by atoms with Crippen molar-refractivity contribution < 1.29 is 9.90 Å². The molecule has 0 aromatic heterocycles. The minimum atomic E-state index is -0.253. The van der Waals surface area contributed by atoms with E-state index in [1.165, 1.54) is 0 Å². The number of likely N-dealkylation sites (tertiary alicyclic amines) is 1. The number of aliphatic hydroxyl groups is 1. The number of amides is 1. The third kappa shape index (κ3) is 4.43. The first-order valence-corrected chi connectivity index (χ1v) is 7.76. The van der Waals surface area contributed by atoms with Gasteiger partial charge in [-0.05, 0) is 44.5 Å². The molecule has 1 aliphatic rings. The van der Waals surface area contributed by atoms with Crippen molar-refractivity contribution in [1.82, 2.24) is 9.80 Å². The van der Waals surface area contributed by atoms with Gasteiger partial charge in [0, 0.05) is 24.2 Å². The summed E-state index contributed by atoms with van der Waals surface area (Å²) in [6.45, 7) is 3.75. The molecule has 1 atom stereocenters. The van der Waals surface area contributed by atoms with Crippen LogP contribution in [0.15, 0.2) is 24.3 Å². The normalized spacial score (nSPS) is 18.0. The van der Waals surface area contributed by atoms with Crippen LogP contribution in [0, 0.1) is 0 Å². The topological polar surface area (TPSA) is 43.8 Å². The summed E-state index contributed by atoms with van der Waals surface area (Å²) in [5, 5.41) is 10.2. The molecule has 0 saturated carbocycles. The molecular weight excluding hydrogens is 288 g/mol. The smallest absolute Gasteiger partial charge is 0.236 e. The fourth-order valence-electron chi connectivity index (χ4n) is 2.59. The summed E-state index contributed by atoms with van der Waals surface area (Å²) >= 11 is 6.02. The van der Waals surface area contributed by atoms with Gasteiger partial charge >= 0.3 is 0 Å². The molecule has 2 rings (SSSR count). The number of piperidine rings is 1. The molecule has 21 heavy (non-hydrogen) atoms. The van der Waals surface area contributed by atoms with Gasteiger partial charge in [0.05, 0.1) is 12.6 Å². The number of nitrogens with zero attached hydrogens (tertiary/aromatic N) is 2. The first kappa shape index (κ1) is 16.3. The third-order valence-electron chi connectivity index (χ3n) is 4.19. The second-order valence-electron chi connectivity index (χ2n) is 5.76. The van der Waals surface area contributed by atoms with Crippen LogP contribution in [0.4, 0.5) is 0 Å². The van der Waals surface area contributed by atoms with E-state index in [9.17, 15) is 9.90 Å². The Kier molecular flexibility index (Phi) is 5.62. The predicted molar refractivity (Wildman–Crippen MR) is 84.3 cm³/mol. The monoisotopic (exact) mass is 310 g/mol. The summed E-state index contributed by atoms with van der Waals surface area (Å²) in [6.07, 6.45) is 1.11. The number of carbonyl (C=O) groups excluding carboxylic acids is 1. The minimum absolute atomic E-state index is 0.123. The Morgan fingerprint density at radius 1 is 1.48 bits per heavy atom. The SMILES string of the molecule is CC(c1cccc(Cl)c1)N(C)CC(=O)N1CCC(O)CC1. The number of aliphatic hydroxyl groups excluding tert-OH is 1. The molecular formula is C16H23ClN2O2. The Hall–Kier alpha value is -1.10. The Bertz CT molecular complexity index is 487. The van der Waals surface area contributed by atoms with Gasteiger partial charge in [0.1, 0.15) is 0 Å². The Morgan fingerprint density at radius 2 is 2.14 bits per heavy atom. The Morgan fingerprint density at radius 3 is 2.76 bits per heavy atom. The van der Waals surface area contributed by atoms with E-state index in [1.54, 1.807) is 0 Å². The number of hydrogen-bond donors (Lipinski definition) is 1. The van der Waals surface area contributed by atoms with E-state index in [2.05, 4.69) is 6.92 Å². The molecule has 5 heteroatoms. The van der Waals surface area contributed by atoms with E-state index < -0.39 is 0 Å². The van der Waals surface area contributed by atoms with Crippen molar-refractivity contribution in [3.8, 4) is 0 Å². The first-order chi connectivity index (χ1) is 9.97. The van der Waals surface area contributed by atoms with E-state index in [0.29, 0.717) is 37.5 Å². The molecule has 1 fully saturated rings. The number of halogens is 1. The zero-order valence-electron chi connectivity index (χ0n) is 12.6. The number of hydrogen-bond acceptors (Lipinski definition) is 3. The van der Waals surface area contributed by atoms with Crippen LogP contribution in [0.5, 0.6) is 0 Å². The van der Waals surface area contributed by atoms with Crippen LogP contribution in [0.2, 0.25) is 5.02 Å². The van der Waals surface area contributed by atoms with Gasteiger partial charge < -0.3 is 10.0 Å². The molecule has 1 aliphatic heterocycles. The first-order valence-electron chi connectivity index (χ1n) is 7.39. The molecule has 0 bridgehead atoms. The van der Waals surface area contributed by atoms with E-state index in [4.69, 9.17) is 11.6 Å². The molecule has 4 nitrogen and oxygen atoms in total. The Balaban J connectivity index is 1.91. The van der Waals surface area contributed by atoms with Crippen LogP contribution >= 0.6 is 11.6 Å². The van der Waals surface area contributed by atoms with Crippen molar-refractivity contribution in [2.24, 2.45) is 0 Å². The van der Waals surface area contributed by atoms with E-state index in [0.717, 1.165) is 5.56 Å². The molecule has 0 radical (unpaired) electrons. The second kappa shape index (κ2) is 7.25. The van der Waals surface area contributed by atoms with Crippen molar-refractivity contribution in [3.05, 3.63) is 34.9 Å². The third-order valence-corrected chi connectivity index (χ3v) is 4.43. The molecule has 0 spiro atoms. The average molecular weight is 311 g/mol. The summed E-state index contributed by atoms with van der Waals surface area (Å²) in [5.74, 6) is 0.123. The number of likely N-dealkylation sites (N-methyl/N-ethyl adjacent to an activating group) is 1. The lowest BCUT2D eigenvalue weighted by atomic mass is 10.1. The maximum absolute atomic E-state index is 12.3. The summed E-state index contributed by atoms with van der Waals surface area (Å²) in [7, 11) is 1.95. The van der Waals surface area contributed by atoms with Crippen LogP contribution in [0.25, 0.3) is 0 Å². The van der Waals surface area contributed by atoms with Gasteiger partial charge in [-0.1, -0.05) is 23.7 Å². The van der Waals surface area contributed by atoms with Crippen LogP contribution in [-0.2, 0) is 4.79 Å². The molecule has 1 N–H and O–H groups in total. The maximum atomic E-state index is 12.3. The summed E-state index contributed by atoms with van der Waals surface area (Å²) in [6, 6.07) is 7.86. The van der Waals surface area contributed by atoms with E-state index in [1.807, 2.05) is 41.1 Å². The highest BCUT2D eigenvalue weighted by atomic mass is 35.5. The van der Waals surface area contributed by atoms with Crippen LogP contribution in [-0.4, -0.2) is 53.6 Å². The van der Waals surface area contributed by atoms with Crippen molar-refractivity contribution in [3.63, 3.8) is 0 Å². The lowest BCUT2D eigenvalue weighted by molar-refractivity contribution is -0.134. The van der Waals surface area contributed by atoms with Crippen molar-refractivity contribution in [1.29, 1.82) is 0 Å². The minimum Gasteiger partial charge on any atom is -0.393 e. The molecule has 1 heterocycles. The van der Waals surface area contributed by atoms with E-state index in [-0.39, 0.29) is 18.1 Å². The van der Waals surface area contributed by atoms with Crippen LogP contribution in [0.3, 0.4) is 0 Å². The lowest BCUT2D eigenvalue weighted by Crippen LogP contribution is -2.44. The molecule has 1 aromatic carbocycles. The predicted octanol–water partition coefficient (Wildman–Crippen LogP) is 2.32. The van der Waals surface area contributed by atoms with Crippen LogP contribution in [0.1, 0.15) is 31.4 Å². The van der Waals surface area contributed by atoms with Gasteiger partial charge in [-0.15, -0.1) is 0 Å². The highest BCUT2D eigenvalue weighted by Gasteiger charge is 2.23. The van der Waals surface area contributed by atoms with Crippen LogP contribution < -0.4 is 0 Å². The summed E-state index contributed by atoms with van der Waals surface area (Å²) in [4.78, 5) is 16.2.